The first kappa shape index (κ1) is 34.0. The fraction of sp³-hybridized carbons (Fsp3) is 0.0789. The molecule has 10 heteroatoms. The average molecular weight is 723 g/mol. The molecule has 1 unspecified atom stereocenters. The Morgan fingerprint density at radius 3 is 2.15 bits per heavy atom. The number of hydrogen-bond acceptors (Lipinski definition) is 6. The average Bonchev–Trinajstić information content (AvgIpc) is 3.12. The summed E-state index contributed by atoms with van der Waals surface area (Å²) in [6.07, 6.45) is 1.62. The van der Waals surface area contributed by atoms with Gasteiger partial charge in [0.05, 0.1) is 19.9 Å². The largest absolute Gasteiger partial charge is 0.497 e. The zero-order valence-corrected chi connectivity index (χ0v) is 28.5. The van der Waals surface area contributed by atoms with Crippen LogP contribution < -0.4 is 25.4 Å². The highest BCUT2D eigenvalue weighted by atomic mass is 79.9. The third kappa shape index (κ3) is 9.15. The molecule has 48 heavy (non-hydrogen) atoms. The minimum Gasteiger partial charge on any atom is -0.497 e. The summed E-state index contributed by atoms with van der Waals surface area (Å²) >= 11 is 4.76. The monoisotopic (exact) mass is 721 g/mol. The Balaban J connectivity index is 1.38. The first-order valence-electron chi connectivity index (χ1n) is 14.8. The lowest BCUT2D eigenvalue weighted by Crippen LogP contribution is -2.30. The Morgan fingerprint density at radius 1 is 0.750 bits per heavy atom. The minimum absolute atomic E-state index is 0.0687. The molecule has 0 radical (unpaired) electrons. The van der Waals surface area contributed by atoms with Crippen molar-refractivity contribution >= 4 is 62.9 Å². The van der Waals surface area contributed by atoms with Gasteiger partial charge in [-0.15, -0.1) is 11.8 Å². The predicted molar refractivity (Wildman–Crippen MR) is 194 cm³/mol. The smallest absolute Gasteiger partial charge is 0.272 e. The van der Waals surface area contributed by atoms with Crippen molar-refractivity contribution in [3.63, 3.8) is 0 Å². The summed E-state index contributed by atoms with van der Waals surface area (Å²) < 4.78 is 11.7. The van der Waals surface area contributed by atoms with Crippen LogP contribution >= 0.6 is 27.7 Å². The van der Waals surface area contributed by atoms with Gasteiger partial charge in [0, 0.05) is 26.7 Å². The molecule has 0 saturated carbocycles. The Labute approximate surface area is 291 Å². The number of thioether (sulfide) groups is 1. The maximum Gasteiger partial charge on any atom is 0.272 e. The van der Waals surface area contributed by atoms with Gasteiger partial charge in [0.2, 0.25) is 5.91 Å². The van der Waals surface area contributed by atoms with E-state index in [9.17, 15) is 14.4 Å². The number of ether oxygens (including phenoxy) is 2. The van der Waals surface area contributed by atoms with Gasteiger partial charge < -0.3 is 25.4 Å². The molecule has 0 aromatic heterocycles. The van der Waals surface area contributed by atoms with Gasteiger partial charge >= 0.3 is 0 Å². The van der Waals surface area contributed by atoms with Crippen LogP contribution in [0.5, 0.6) is 11.5 Å². The number of nitrogens with one attached hydrogen (secondary N) is 3. The van der Waals surface area contributed by atoms with Crippen LogP contribution in [0.3, 0.4) is 0 Å². The van der Waals surface area contributed by atoms with E-state index < -0.39 is 17.1 Å². The summed E-state index contributed by atoms with van der Waals surface area (Å²) in [7, 11) is 3.09. The molecule has 3 amide bonds. The molecule has 0 aliphatic rings. The maximum atomic E-state index is 13.8. The fourth-order valence-corrected chi connectivity index (χ4v) is 6.00. The van der Waals surface area contributed by atoms with Crippen LogP contribution in [0.4, 0.5) is 11.4 Å². The van der Waals surface area contributed by atoms with Crippen molar-refractivity contribution in [3.05, 3.63) is 154 Å². The summed E-state index contributed by atoms with van der Waals surface area (Å²) in [5.41, 5.74) is 3.01. The highest BCUT2D eigenvalue weighted by Crippen LogP contribution is 2.38. The van der Waals surface area contributed by atoms with E-state index in [2.05, 4.69) is 31.9 Å². The van der Waals surface area contributed by atoms with Crippen LogP contribution in [0.25, 0.3) is 6.08 Å². The Hall–Kier alpha value is -5.32. The van der Waals surface area contributed by atoms with E-state index in [1.54, 1.807) is 73.8 Å². The molecular formula is C38H32BrN3O5S. The molecule has 0 aliphatic heterocycles. The molecule has 5 rings (SSSR count). The van der Waals surface area contributed by atoms with Crippen LogP contribution in [0, 0.1) is 0 Å². The Bertz CT molecular complexity index is 1920. The predicted octanol–water partition coefficient (Wildman–Crippen LogP) is 8.35. The van der Waals surface area contributed by atoms with Gasteiger partial charge in [-0.1, -0.05) is 82.7 Å². The number of carbonyl (C=O) groups is 3. The lowest BCUT2D eigenvalue weighted by atomic mass is 10.1. The molecule has 0 aliphatic carbocycles. The number of rotatable bonds is 12. The molecule has 0 fully saturated rings. The molecule has 3 N–H and O–H groups in total. The van der Waals surface area contributed by atoms with Gasteiger partial charge in [0.25, 0.3) is 11.8 Å². The van der Waals surface area contributed by atoms with E-state index in [4.69, 9.17) is 9.47 Å². The van der Waals surface area contributed by atoms with E-state index in [0.717, 1.165) is 20.5 Å². The van der Waals surface area contributed by atoms with E-state index in [1.807, 2.05) is 66.7 Å². The zero-order valence-electron chi connectivity index (χ0n) is 26.1. The van der Waals surface area contributed by atoms with Gasteiger partial charge in [-0.2, -0.15) is 0 Å². The lowest BCUT2D eigenvalue weighted by molar-refractivity contribution is -0.116. The molecule has 242 valence electrons. The molecule has 0 spiro atoms. The fourth-order valence-electron chi connectivity index (χ4n) is 4.65. The number of benzene rings is 5. The highest BCUT2D eigenvalue weighted by Gasteiger charge is 2.24. The van der Waals surface area contributed by atoms with Gasteiger partial charge in [0.15, 0.2) is 0 Å². The van der Waals surface area contributed by atoms with Crippen molar-refractivity contribution in [2.75, 3.05) is 24.9 Å². The summed E-state index contributed by atoms with van der Waals surface area (Å²) in [5.74, 6) is -0.105. The van der Waals surface area contributed by atoms with Gasteiger partial charge in [0.1, 0.15) is 22.4 Å². The molecule has 1 atom stereocenters. The van der Waals surface area contributed by atoms with E-state index in [1.165, 1.54) is 18.9 Å². The second-order valence-corrected chi connectivity index (χ2v) is 12.5. The van der Waals surface area contributed by atoms with Crippen molar-refractivity contribution in [1.29, 1.82) is 0 Å². The second kappa shape index (κ2) is 16.5. The zero-order chi connectivity index (χ0) is 33.9. The SMILES string of the molecule is COc1ccc(NC(=O)C(Sc2cccc(NC(=O)/C(=C/c3ccc(Br)cc3)NC(=O)c3ccccc3)c2)c2ccccc2)c(OC)c1. The molecular weight excluding hydrogens is 690 g/mol. The van der Waals surface area contributed by atoms with Crippen LogP contribution in [0.15, 0.2) is 142 Å². The number of hydrogen-bond donors (Lipinski definition) is 3. The van der Waals surface area contributed by atoms with Crippen LogP contribution in [0.1, 0.15) is 26.7 Å². The highest BCUT2D eigenvalue weighted by molar-refractivity contribution is 9.10. The van der Waals surface area contributed by atoms with Crippen molar-refractivity contribution in [2.45, 2.75) is 10.1 Å². The van der Waals surface area contributed by atoms with Crippen LogP contribution in [-0.2, 0) is 9.59 Å². The van der Waals surface area contributed by atoms with Gasteiger partial charge in [-0.3, -0.25) is 14.4 Å². The molecule has 0 bridgehead atoms. The Morgan fingerprint density at radius 2 is 1.46 bits per heavy atom. The van der Waals surface area contributed by atoms with E-state index >= 15 is 0 Å². The van der Waals surface area contributed by atoms with Gasteiger partial charge in [-0.25, -0.2) is 0 Å². The summed E-state index contributed by atoms with van der Waals surface area (Å²) in [5, 5.41) is 8.02. The number of methoxy groups -OCH3 is 2. The summed E-state index contributed by atoms with van der Waals surface area (Å²) in [6, 6.07) is 37.9. The number of amides is 3. The van der Waals surface area contributed by atoms with Crippen molar-refractivity contribution in [2.24, 2.45) is 0 Å². The topological polar surface area (TPSA) is 106 Å². The summed E-state index contributed by atoms with van der Waals surface area (Å²) in [6.45, 7) is 0. The van der Waals surface area contributed by atoms with Gasteiger partial charge in [-0.05, 0) is 71.8 Å². The quantitative estimate of drug-likeness (QED) is 0.0884. The molecule has 5 aromatic rings. The molecule has 5 aromatic carbocycles. The maximum absolute atomic E-state index is 13.8. The van der Waals surface area contributed by atoms with Crippen molar-refractivity contribution < 1.29 is 23.9 Å². The first-order valence-corrected chi connectivity index (χ1v) is 16.5. The third-order valence-electron chi connectivity index (χ3n) is 7.06. The Kier molecular flexibility index (Phi) is 11.7. The molecule has 0 heterocycles. The lowest BCUT2D eigenvalue weighted by Gasteiger charge is -2.19. The van der Waals surface area contributed by atoms with Crippen molar-refractivity contribution in [3.8, 4) is 11.5 Å². The molecule has 0 saturated heterocycles. The van der Waals surface area contributed by atoms with Crippen LogP contribution in [0.2, 0.25) is 0 Å². The van der Waals surface area contributed by atoms with Crippen LogP contribution in [-0.4, -0.2) is 31.9 Å². The standard InChI is InChI=1S/C38H32BrN3O5S/c1-46-30-20-21-32(34(24-30)47-2)41-38(45)35(26-10-5-3-6-11-26)48-31-15-9-14-29(23-31)40-37(44)33(22-25-16-18-28(39)19-17-25)42-36(43)27-12-7-4-8-13-27/h3-24,35H,1-2H3,(H,40,44)(H,41,45)(H,42,43)/b33-22-. The second-order valence-electron chi connectivity index (χ2n) is 10.4. The van der Waals surface area contributed by atoms with Crippen molar-refractivity contribution in [1.82, 2.24) is 5.32 Å². The number of anilines is 2. The third-order valence-corrected chi connectivity index (χ3v) is 8.84. The minimum atomic E-state index is -0.637. The first-order chi connectivity index (χ1) is 23.3. The van der Waals surface area contributed by atoms with E-state index in [-0.39, 0.29) is 11.6 Å². The normalized spacial score (nSPS) is 11.6. The molecule has 8 nitrogen and oxygen atoms in total. The number of carbonyl (C=O) groups excluding carboxylic acids is 3. The number of halogens is 1. The van der Waals surface area contributed by atoms with E-state index in [0.29, 0.717) is 28.4 Å². The summed E-state index contributed by atoms with van der Waals surface area (Å²) in [4.78, 5) is 41.2.